The Morgan fingerprint density at radius 1 is 1.25 bits per heavy atom. The monoisotopic (exact) mass is 332 g/mol. The van der Waals surface area contributed by atoms with Crippen molar-refractivity contribution in [2.24, 2.45) is 11.3 Å². The molecule has 132 valence electrons. The maximum Gasteiger partial charge on any atom is 0.309 e. The van der Waals surface area contributed by atoms with E-state index in [0.717, 1.165) is 29.5 Å². The highest BCUT2D eigenvalue weighted by molar-refractivity contribution is 5.75. The number of aliphatic carboxylic acids is 1. The van der Waals surface area contributed by atoms with Crippen LogP contribution in [0.1, 0.15) is 76.2 Å². The van der Waals surface area contributed by atoms with Crippen LogP contribution in [0.2, 0.25) is 0 Å². The van der Waals surface area contributed by atoms with Gasteiger partial charge in [-0.3, -0.25) is 4.79 Å². The first kappa shape index (κ1) is 17.4. The molecule has 0 radical (unpaired) electrons. The van der Waals surface area contributed by atoms with E-state index in [0.29, 0.717) is 12.8 Å². The van der Waals surface area contributed by atoms with Crippen LogP contribution in [-0.2, 0) is 15.8 Å². The summed E-state index contributed by atoms with van der Waals surface area (Å²) in [6, 6.07) is 5.80. The molecule has 3 N–H and O–H groups in total. The first-order valence-electron chi connectivity index (χ1n) is 8.79. The number of fused-ring (bicyclic) bond motifs is 3. The normalized spacial score (nSPS) is 35.9. The van der Waals surface area contributed by atoms with Crippen molar-refractivity contribution >= 4 is 5.97 Å². The number of aliphatic hydroxyl groups is 2. The Morgan fingerprint density at radius 3 is 2.50 bits per heavy atom. The van der Waals surface area contributed by atoms with Crippen LogP contribution >= 0.6 is 0 Å². The smallest absolute Gasteiger partial charge is 0.309 e. The number of carboxylic acids is 1. The Morgan fingerprint density at radius 2 is 1.92 bits per heavy atom. The second-order valence-corrected chi connectivity index (χ2v) is 8.66. The summed E-state index contributed by atoms with van der Waals surface area (Å²) in [5.41, 5.74) is 0.654. The molecule has 0 saturated heterocycles. The maximum atomic E-state index is 12.0. The van der Waals surface area contributed by atoms with Gasteiger partial charge in [0.2, 0.25) is 0 Å². The van der Waals surface area contributed by atoms with Crippen LogP contribution in [-0.4, -0.2) is 21.3 Å². The van der Waals surface area contributed by atoms with E-state index in [1.54, 1.807) is 13.8 Å². The summed E-state index contributed by atoms with van der Waals surface area (Å²) < 4.78 is 0. The summed E-state index contributed by atoms with van der Waals surface area (Å²) in [6.45, 7) is 7.44. The number of carbonyl (C=O) groups is 1. The van der Waals surface area contributed by atoms with Gasteiger partial charge >= 0.3 is 5.97 Å². The second kappa shape index (κ2) is 5.30. The van der Waals surface area contributed by atoms with E-state index in [9.17, 15) is 20.1 Å². The molecule has 0 spiro atoms. The number of rotatable bonds is 2. The molecule has 1 fully saturated rings. The van der Waals surface area contributed by atoms with Gasteiger partial charge in [0.15, 0.2) is 0 Å². The van der Waals surface area contributed by atoms with Gasteiger partial charge in [-0.25, -0.2) is 0 Å². The molecule has 24 heavy (non-hydrogen) atoms. The molecule has 1 aromatic rings. The van der Waals surface area contributed by atoms with Gasteiger partial charge in [-0.15, -0.1) is 0 Å². The van der Waals surface area contributed by atoms with Gasteiger partial charge < -0.3 is 15.3 Å². The van der Waals surface area contributed by atoms with E-state index in [2.05, 4.69) is 6.92 Å². The van der Waals surface area contributed by atoms with E-state index in [1.807, 2.05) is 25.1 Å². The number of aliphatic hydroxyl groups excluding tert-OH is 1. The number of benzene rings is 1. The Bertz CT molecular complexity index is 675. The average molecular weight is 332 g/mol. The lowest BCUT2D eigenvalue weighted by atomic mass is 9.49. The number of carboxylic acid groups (broad SMARTS) is 1. The van der Waals surface area contributed by atoms with E-state index in [-0.39, 0.29) is 11.3 Å². The van der Waals surface area contributed by atoms with Gasteiger partial charge in [0, 0.05) is 0 Å². The third-order valence-electron chi connectivity index (χ3n) is 6.61. The first-order chi connectivity index (χ1) is 11.0. The van der Waals surface area contributed by atoms with Crippen molar-refractivity contribution in [3.8, 4) is 0 Å². The van der Waals surface area contributed by atoms with Crippen molar-refractivity contribution in [2.75, 3.05) is 0 Å². The molecule has 1 saturated carbocycles. The third-order valence-corrected chi connectivity index (χ3v) is 6.61. The summed E-state index contributed by atoms with van der Waals surface area (Å²) in [4.78, 5) is 12.0. The zero-order valence-electron chi connectivity index (χ0n) is 15.0. The van der Waals surface area contributed by atoms with E-state index >= 15 is 0 Å². The zero-order chi connectivity index (χ0) is 17.9. The van der Waals surface area contributed by atoms with Crippen molar-refractivity contribution in [1.82, 2.24) is 0 Å². The van der Waals surface area contributed by atoms with Gasteiger partial charge in [-0.1, -0.05) is 31.5 Å². The topological polar surface area (TPSA) is 77.8 Å². The molecule has 2 aliphatic carbocycles. The molecule has 4 atom stereocenters. The largest absolute Gasteiger partial charge is 0.481 e. The third kappa shape index (κ3) is 2.39. The van der Waals surface area contributed by atoms with Crippen LogP contribution in [0.15, 0.2) is 18.2 Å². The summed E-state index contributed by atoms with van der Waals surface area (Å²) in [5, 5.41) is 30.8. The van der Waals surface area contributed by atoms with Crippen LogP contribution in [0.4, 0.5) is 0 Å². The summed E-state index contributed by atoms with van der Waals surface area (Å²) in [7, 11) is 0. The predicted molar refractivity (Wildman–Crippen MR) is 91.7 cm³/mol. The van der Waals surface area contributed by atoms with Crippen LogP contribution in [0, 0.1) is 11.3 Å². The molecule has 0 aromatic heterocycles. The van der Waals surface area contributed by atoms with Crippen LogP contribution < -0.4 is 0 Å². The second-order valence-electron chi connectivity index (χ2n) is 8.66. The molecule has 0 aliphatic heterocycles. The fourth-order valence-corrected chi connectivity index (χ4v) is 5.06. The highest BCUT2D eigenvalue weighted by atomic mass is 16.4. The first-order valence-corrected chi connectivity index (χ1v) is 8.79. The lowest BCUT2D eigenvalue weighted by Gasteiger charge is -2.54. The highest BCUT2D eigenvalue weighted by Crippen LogP contribution is 2.59. The fraction of sp³-hybridized carbons (Fsp3) is 0.650. The molecule has 0 heterocycles. The quantitative estimate of drug-likeness (QED) is 0.774. The van der Waals surface area contributed by atoms with Crippen molar-refractivity contribution in [2.45, 2.75) is 70.5 Å². The van der Waals surface area contributed by atoms with Gasteiger partial charge in [-0.2, -0.15) is 0 Å². The Hall–Kier alpha value is -1.39. The van der Waals surface area contributed by atoms with Crippen LogP contribution in [0.25, 0.3) is 0 Å². The number of hydrogen-bond acceptors (Lipinski definition) is 3. The standard InChI is InChI=1S/C20H28O4/c1-18(2,24)12-6-7-14-13(10-12)15(21)11-16-19(14,3)8-5-9-20(16,4)17(22)23/h6-7,10,15-16,21,24H,5,8-9,11H2,1-4H3,(H,22,23)/t15-,16+,19+,20+/m0/s1. The zero-order valence-corrected chi connectivity index (χ0v) is 15.0. The predicted octanol–water partition coefficient (Wildman–Crippen LogP) is 3.50. The Kier molecular flexibility index (Phi) is 3.85. The molecule has 4 nitrogen and oxygen atoms in total. The van der Waals surface area contributed by atoms with Crippen molar-refractivity contribution in [1.29, 1.82) is 0 Å². The molecule has 0 bridgehead atoms. The molecule has 1 aromatic carbocycles. The van der Waals surface area contributed by atoms with Crippen LogP contribution in [0.3, 0.4) is 0 Å². The molecular weight excluding hydrogens is 304 g/mol. The molecular formula is C20H28O4. The van der Waals surface area contributed by atoms with Crippen molar-refractivity contribution < 1.29 is 20.1 Å². The lowest BCUT2D eigenvalue weighted by Crippen LogP contribution is -2.53. The molecule has 4 heteroatoms. The van der Waals surface area contributed by atoms with E-state index in [4.69, 9.17) is 0 Å². The van der Waals surface area contributed by atoms with Gasteiger partial charge in [0.1, 0.15) is 0 Å². The average Bonchev–Trinajstić information content (AvgIpc) is 2.48. The minimum absolute atomic E-state index is 0.0910. The Balaban J connectivity index is 2.15. The van der Waals surface area contributed by atoms with E-state index < -0.39 is 23.1 Å². The van der Waals surface area contributed by atoms with Crippen LogP contribution in [0.5, 0.6) is 0 Å². The summed E-state index contributed by atoms with van der Waals surface area (Å²) in [5.74, 6) is -0.853. The van der Waals surface area contributed by atoms with E-state index in [1.165, 1.54) is 0 Å². The fourth-order valence-electron chi connectivity index (χ4n) is 5.06. The minimum atomic E-state index is -0.964. The lowest BCUT2D eigenvalue weighted by molar-refractivity contribution is -0.159. The van der Waals surface area contributed by atoms with Gasteiger partial charge in [0.25, 0.3) is 0 Å². The van der Waals surface area contributed by atoms with Gasteiger partial charge in [-0.05, 0) is 68.1 Å². The Labute approximate surface area is 143 Å². The van der Waals surface area contributed by atoms with Crippen molar-refractivity contribution in [3.05, 3.63) is 34.9 Å². The molecule has 0 amide bonds. The molecule has 0 unspecified atom stereocenters. The minimum Gasteiger partial charge on any atom is -0.481 e. The van der Waals surface area contributed by atoms with Crippen molar-refractivity contribution in [3.63, 3.8) is 0 Å². The number of hydrogen-bond donors (Lipinski definition) is 3. The molecule has 3 rings (SSSR count). The maximum absolute atomic E-state index is 12.0. The summed E-state index contributed by atoms with van der Waals surface area (Å²) >= 11 is 0. The van der Waals surface area contributed by atoms with Gasteiger partial charge in [0.05, 0.1) is 17.1 Å². The highest BCUT2D eigenvalue weighted by Gasteiger charge is 2.56. The summed E-state index contributed by atoms with van der Waals surface area (Å²) in [6.07, 6.45) is 2.24. The molecule has 2 aliphatic rings. The SMILES string of the molecule is CC(C)(O)c1ccc2c(c1)[C@@H](O)C[C@H]1[C@](C)(C(=O)O)CCC[C@]21C.